The zero-order chi connectivity index (χ0) is 34.5. The summed E-state index contributed by atoms with van der Waals surface area (Å²) in [6.45, 7) is 11.4. The van der Waals surface area contributed by atoms with Crippen LogP contribution in [0.2, 0.25) is 0 Å². The molecule has 12 heteroatoms. The van der Waals surface area contributed by atoms with Crippen LogP contribution in [-0.2, 0) is 21.4 Å². The molecule has 1 fully saturated rings. The van der Waals surface area contributed by atoms with Crippen LogP contribution in [0, 0.1) is 19.3 Å². The highest BCUT2D eigenvalue weighted by molar-refractivity contribution is 7.92. The second-order valence-corrected chi connectivity index (χ2v) is 15.3. The topological polar surface area (TPSA) is 140 Å². The van der Waals surface area contributed by atoms with Crippen LogP contribution in [0.5, 0.6) is 5.88 Å². The molecule has 262 valence electrons. The zero-order valence-corrected chi connectivity index (χ0v) is 30.1. The molecule has 1 heterocycles. The minimum atomic E-state index is -4.22. The van der Waals surface area contributed by atoms with Gasteiger partial charge in [-0.05, 0) is 73.4 Å². The van der Waals surface area contributed by atoms with E-state index < -0.39 is 16.0 Å². The smallest absolute Gasteiger partial charge is 0.335 e. The number of anilines is 1. The lowest BCUT2D eigenvalue weighted by molar-refractivity contribution is -0.0308. The maximum Gasteiger partial charge on any atom is 0.335 e. The van der Waals surface area contributed by atoms with E-state index in [1.807, 2.05) is 50.2 Å². The van der Waals surface area contributed by atoms with Crippen molar-refractivity contribution in [3.8, 4) is 17.1 Å². The molecule has 0 amide bonds. The van der Waals surface area contributed by atoms with Gasteiger partial charge in [0, 0.05) is 23.7 Å². The molecule has 0 radical (unpaired) electrons. The molecule has 10 nitrogen and oxygen atoms in total. The second kappa shape index (κ2) is 16.1. The van der Waals surface area contributed by atoms with Gasteiger partial charge in [-0.3, -0.25) is 0 Å². The van der Waals surface area contributed by atoms with Gasteiger partial charge in [-0.15, -0.1) is 12.4 Å². The molecule has 4 aromatic rings. The summed E-state index contributed by atoms with van der Waals surface area (Å²) in [7, 11) is -4.22. The Morgan fingerprint density at radius 3 is 2.29 bits per heavy atom. The van der Waals surface area contributed by atoms with Crippen LogP contribution in [0.1, 0.15) is 67.1 Å². The largest absolute Gasteiger partial charge is 0.478 e. The number of hydrogen-bond acceptors (Lipinski definition) is 8. The third kappa shape index (κ3) is 10.5. The number of carboxylic acid groups (broad SMARTS) is 1. The monoisotopic (exact) mass is 708 g/mol. The molecule has 0 aliphatic heterocycles. The lowest BCUT2D eigenvalue weighted by atomic mass is 9.85. The van der Waals surface area contributed by atoms with Crippen molar-refractivity contribution < 1.29 is 27.8 Å². The van der Waals surface area contributed by atoms with E-state index in [-0.39, 0.29) is 52.3 Å². The Morgan fingerprint density at radius 2 is 1.63 bits per heavy atom. The summed E-state index contributed by atoms with van der Waals surface area (Å²) >= 11 is 0. The number of sulfonamides is 1. The summed E-state index contributed by atoms with van der Waals surface area (Å²) in [6.07, 6.45) is 2.86. The van der Waals surface area contributed by atoms with Gasteiger partial charge in [0.1, 0.15) is 6.61 Å². The van der Waals surface area contributed by atoms with Crippen LogP contribution in [0.4, 0.5) is 5.95 Å². The number of ether oxygens (including phenoxy) is 2. The third-order valence-corrected chi connectivity index (χ3v) is 9.57. The second-order valence-electron chi connectivity index (χ2n) is 13.6. The standard InChI is InChI=1S/C37H44N4O6S.ClH/c1-24-11-9-12-25(2)34(24)32-20-33(40-36(39-32)41-48(44,45)31-16-10-15-27(17-31)35(42)43)47-23-29(21-37(3,4)5)38-28-18-30(19-28)46-22-26-13-7-6-8-14-26;/h6-17,20,28-30,38H,18-19,21-23H2,1-5H3,(H,42,43)(H,39,40,41);1H/t28?,29-,30?;/m1./s1. The van der Waals surface area contributed by atoms with Crippen molar-refractivity contribution in [1.29, 1.82) is 0 Å². The molecule has 0 unspecified atom stereocenters. The first kappa shape index (κ1) is 37.8. The summed E-state index contributed by atoms with van der Waals surface area (Å²) in [6, 6.07) is 23.2. The van der Waals surface area contributed by atoms with Gasteiger partial charge in [0.15, 0.2) is 0 Å². The van der Waals surface area contributed by atoms with E-state index in [2.05, 4.69) is 52.9 Å². The molecule has 0 bridgehead atoms. The van der Waals surface area contributed by atoms with E-state index in [9.17, 15) is 18.3 Å². The SMILES string of the molecule is Cc1cccc(C)c1-c1cc(OC[C@@H](CC(C)(C)C)NC2CC(OCc3ccccc3)C2)nc(NS(=O)(=O)c2cccc(C(=O)O)c2)n1.Cl. The summed E-state index contributed by atoms with van der Waals surface area (Å²) < 4.78 is 41.6. The van der Waals surface area contributed by atoms with Crippen molar-refractivity contribution in [3.05, 3.63) is 101 Å². The summed E-state index contributed by atoms with van der Waals surface area (Å²) in [5.41, 5.74) is 4.31. The van der Waals surface area contributed by atoms with E-state index in [0.717, 1.165) is 47.6 Å². The fourth-order valence-corrected chi connectivity index (χ4v) is 6.91. The maximum atomic E-state index is 13.4. The Balaban J connectivity index is 0.00000541. The average Bonchev–Trinajstić information content (AvgIpc) is 3.00. The quantitative estimate of drug-likeness (QED) is 0.124. The van der Waals surface area contributed by atoms with Crippen molar-refractivity contribution in [2.24, 2.45) is 5.41 Å². The molecular weight excluding hydrogens is 664 g/mol. The molecule has 3 N–H and O–H groups in total. The van der Waals surface area contributed by atoms with Crippen LogP contribution >= 0.6 is 12.4 Å². The normalized spacial score (nSPS) is 16.6. The van der Waals surface area contributed by atoms with Crippen LogP contribution in [0.25, 0.3) is 11.3 Å². The van der Waals surface area contributed by atoms with E-state index in [1.54, 1.807) is 6.07 Å². The van der Waals surface area contributed by atoms with Crippen LogP contribution in [-0.4, -0.2) is 54.3 Å². The molecule has 49 heavy (non-hydrogen) atoms. The number of carbonyl (C=O) groups is 1. The third-order valence-electron chi connectivity index (χ3n) is 8.24. The molecular formula is C37H45ClN4O6S. The molecule has 1 atom stereocenters. The molecule has 1 aliphatic rings. The molecule has 5 rings (SSSR count). The summed E-state index contributed by atoms with van der Waals surface area (Å²) in [5, 5.41) is 13.1. The van der Waals surface area contributed by atoms with E-state index >= 15 is 0 Å². The van der Waals surface area contributed by atoms with E-state index in [1.165, 1.54) is 18.2 Å². The summed E-state index contributed by atoms with van der Waals surface area (Å²) in [5.74, 6) is -1.19. The first-order chi connectivity index (χ1) is 22.8. The molecule has 0 saturated heterocycles. The molecule has 1 aromatic heterocycles. The number of carboxylic acids is 1. The predicted octanol–water partition coefficient (Wildman–Crippen LogP) is 7.20. The molecule has 1 saturated carbocycles. The minimum Gasteiger partial charge on any atom is -0.478 e. The highest BCUT2D eigenvalue weighted by atomic mass is 35.5. The van der Waals surface area contributed by atoms with Crippen molar-refractivity contribution in [3.63, 3.8) is 0 Å². The number of rotatable bonds is 14. The highest BCUT2D eigenvalue weighted by Gasteiger charge is 2.33. The number of aromatic carboxylic acids is 1. The van der Waals surface area contributed by atoms with Crippen LogP contribution < -0.4 is 14.8 Å². The maximum absolute atomic E-state index is 13.4. The van der Waals surface area contributed by atoms with Gasteiger partial charge in [-0.1, -0.05) is 75.4 Å². The van der Waals surface area contributed by atoms with Gasteiger partial charge in [0.25, 0.3) is 10.0 Å². The van der Waals surface area contributed by atoms with Crippen molar-refractivity contribution in [2.45, 2.75) is 83.6 Å². The Bertz CT molecular complexity index is 1820. The number of benzene rings is 3. The molecule has 0 spiro atoms. The number of aromatic nitrogens is 2. The van der Waals surface area contributed by atoms with Gasteiger partial charge < -0.3 is 19.9 Å². The Kier molecular flexibility index (Phi) is 12.4. The first-order valence-corrected chi connectivity index (χ1v) is 17.6. The van der Waals surface area contributed by atoms with Gasteiger partial charge in [0.2, 0.25) is 11.8 Å². The fraction of sp³-hybridized carbons (Fsp3) is 0.378. The molecule has 3 aromatic carbocycles. The van der Waals surface area contributed by atoms with Crippen LogP contribution in [0.15, 0.2) is 83.8 Å². The summed E-state index contributed by atoms with van der Waals surface area (Å²) in [4.78, 5) is 20.3. The van der Waals surface area contributed by atoms with Crippen molar-refractivity contribution in [2.75, 3.05) is 11.3 Å². The Labute approximate surface area is 295 Å². The van der Waals surface area contributed by atoms with Gasteiger partial charge in [0.05, 0.1) is 28.9 Å². The van der Waals surface area contributed by atoms with Gasteiger partial charge >= 0.3 is 5.97 Å². The fourth-order valence-electron chi connectivity index (χ4n) is 5.92. The van der Waals surface area contributed by atoms with Gasteiger partial charge in [-0.2, -0.15) is 4.98 Å². The lowest BCUT2D eigenvalue weighted by Gasteiger charge is -2.39. The minimum absolute atomic E-state index is 0. The van der Waals surface area contributed by atoms with Crippen LogP contribution in [0.3, 0.4) is 0 Å². The predicted molar refractivity (Wildman–Crippen MR) is 193 cm³/mol. The first-order valence-electron chi connectivity index (χ1n) is 16.1. The zero-order valence-electron chi connectivity index (χ0n) is 28.5. The van der Waals surface area contributed by atoms with Crippen molar-refractivity contribution in [1.82, 2.24) is 15.3 Å². The Hall–Kier alpha value is -4.03. The lowest BCUT2D eigenvalue weighted by Crippen LogP contribution is -2.51. The highest BCUT2D eigenvalue weighted by Crippen LogP contribution is 2.31. The number of halogens is 1. The number of nitrogens with zero attached hydrogens (tertiary/aromatic N) is 2. The Morgan fingerprint density at radius 1 is 0.959 bits per heavy atom. The van der Waals surface area contributed by atoms with Gasteiger partial charge in [-0.25, -0.2) is 22.9 Å². The number of nitrogens with one attached hydrogen (secondary N) is 2. The van der Waals surface area contributed by atoms with Crippen molar-refractivity contribution >= 4 is 34.3 Å². The number of hydrogen-bond donors (Lipinski definition) is 3. The average molecular weight is 709 g/mol. The van der Waals surface area contributed by atoms with E-state index in [0.29, 0.717) is 24.9 Å². The van der Waals surface area contributed by atoms with E-state index in [4.69, 9.17) is 9.47 Å². The number of aryl methyl sites for hydroxylation is 2. The molecule has 1 aliphatic carbocycles.